The molecule has 0 saturated carbocycles. The number of esters is 1. The molecule has 6 nitrogen and oxygen atoms in total. The summed E-state index contributed by atoms with van der Waals surface area (Å²) in [5.41, 5.74) is 2.57. The first kappa shape index (κ1) is 18.8. The van der Waals surface area contributed by atoms with E-state index in [0.717, 1.165) is 22.0 Å². The molecule has 136 valence electrons. The fourth-order valence-electron chi connectivity index (χ4n) is 2.71. The first-order chi connectivity index (χ1) is 11.8. The molecule has 0 bridgehead atoms. The minimum absolute atomic E-state index is 0.304. The Labute approximate surface area is 147 Å². The van der Waals surface area contributed by atoms with Gasteiger partial charge in [-0.25, -0.2) is 9.59 Å². The summed E-state index contributed by atoms with van der Waals surface area (Å²) < 4.78 is 10.4. The zero-order valence-electron chi connectivity index (χ0n) is 15.5. The van der Waals surface area contributed by atoms with Gasteiger partial charge in [0.2, 0.25) is 0 Å². The van der Waals surface area contributed by atoms with Crippen molar-refractivity contribution in [2.24, 2.45) is 0 Å². The third-order valence-corrected chi connectivity index (χ3v) is 3.68. The van der Waals surface area contributed by atoms with Gasteiger partial charge >= 0.3 is 12.1 Å². The Kier molecular flexibility index (Phi) is 5.72. The van der Waals surface area contributed by atoms with E-state index < -0.39 is 11.7 Å². The van der Waals surface area contributed by atoms with E-state index in [9.17, 15) is 9.59 Å². The summed E-state index contributed by atoms with van der Waals surface area (Å²) in [6.07, 6.45) is 0.231. The van der Waals surface area contributed by atoms with E-state index in [1.54, 1.807) is 6.92 Å². The van der Waals surface area contributed by atoms with E-state index in [2.05, 4.69) is 10.3 Å². The Morgan fingerprint density at radius 2 is 1.92 bits per heavy atom. The van der Waals surface area contributed by atoms with Crippen molar-refractivity contribution in [3.8, 4) is 0 Å². The second-order valence-corrected chi connectivity index (χ2v) is 6.75. The van der Waals surface area contributed by atoms with Crippen LogP contribution >= 0.6 is 0 Å². The molecule has 2 aromatic rings. The number of alkyl carbamates (subject to hydrolysis) is 1. The van der Waals surface area contributed by atoms with Crippen molar-refractivity contribution in [2.75, 3.05) is 6.61 Å². The zero-order chi connectivity index (χ0) is 18.6. The number of carbonyl (C=O) groups is 2. The number of aromatic nitrogens is 1. The van der Waals surface area contributed by atoms with E-state index >= 15 is 0 Å². The first-order valence-electron chi connectivity index (χ1n) is 8.53. The molecule has 0 fully saturated rings. The molecule has 25 heavy (non-hydrogen) atoms. The van der Waals surface area contributed by atoms with E-state index in [1.807, 2.05) is 45.9 Å². The number of hydrogen-bond donors (Lipinski definition) is 2. The minimum atomic E-state index is -0.547. The lowest BCUT2D eigenvalue weighted by Gasteiger charge is -2.19. The minimum Gasteiger partial charge on any atom is -0.461 e. The van der Waals surface area contributed by atoms with Gasteiger partial charge in [-0.15, -0.1) is 0 Å². The van der Waals surface area contributed by atoms with Crippen LogP contribution < -0.4 is 5.32 Å². The maximum Gasteiger partial charge on any atom is 0.407 e. The second kappa shape index (κ2) is 7.59. The number of hydrogen-bond acceptors (Lipinski definition) is 4. The van der Waals surface area contributed by atoms with Gasteiger partial charge in [-0.2, -0.15) is 0 Å². The van der Waals surface area contributed by atoms with Crippen molar-refractivity contribution in [2.45, 2.75) is 53.2 Å². The lowest BCUT2D eigenvalue weighted by Crippen LogP contribution is -2.32. The Bertz CT molecular complexity index is 772. The van der Waals surface area contributed by atoms with Gasteiger partial charge in [0.25, 0.3) is 0 Å². The highest BCUT2D eigenvalue weighted by Gasteiger charge is 2.20. The van der Waals surface area contributed by atoms with Crippen molar-refractivity contribution < 1.29 is 19.1 Å². The van der Waals surface area contributed by atoms with Gasteiger partial charge < -0.3 is 19.8 Å². The van der Waals surface area contributed by atoms with Crippen LogP contribution in [0.2, 0.25) is 0 Å². The van der Waals surface area contributed by atoms with Crippen LogP contribution in [0.4, 0.5) is 4.79 Å². The van der Waals surface area contributed by atoms with Crippen molar-refractivity contribution in [1.82, 2.24) is 10.3 Å². The smallest absolute Gasteiger partial charge is 0.407 e. The van der Waals surface area contributed by atoms with E-state index in [1.165, 1.54) is 0 Å². The van der Waals surface area contributed by atoms with Crippen molar-refractivity contribution >= 4 is 23.0 Å². The summed E-state index contributed by atoms with van der Waals surface area (Å²) in [7, 11) is 0. The average molecular weight is 346 g/mol. The Hall–Kier alpha value is -2.50. The number of aromatic amines is 1. The normalized spacial score (nSPS) is 11.4. The van der Waals surface area contributed by atoms with Gasteiger partial charge in [0.05, 0.1) is 12.1 Å². The molecular formula is C19H26N2O4. The highest BCUT2D eigenvalue weighted by atomic mass is 16.6. The number of rotatable bonds is 5. The third kappa shape index (κ3) is 4.53. The number of ether oxygens (including phenoxy) is 2. The van der Waals surface area contributed by atoms with E-state index in [0.29, 0.717) is 25.3 Å². The summed E-state index contributed by atoms with van der Waals surface area (Å²) in [5.74, 6) is -0.360. The predicted molar refractivity (Wildman–Crippen MR) is 96.7 cm³/mol. The number of aryl methyl sites for hydroxylation is 1. The molecule has 0 saturated heterocycles. The molecule has 0 unspecified atom stereocenters. The Morgan fingerprint density at radius 3 is 2.52 bits per heavy atom. The van der Waals surface area contributed by atoms with Crippen LogP contribution in [0.25, 0.3) is 10.9 Å². The number of para-hydroxylation sites is 1. The summed E-state index contributed by atoms with van der Waals surface area (Å²) in [5, 5.41) is 3.72. The molecule has 0 atom stereocenters. The van der Waals surface area contributed by atoms with Crippen LogP contribution in [0.3, 0.4) is 0 Å². The molecule has 1 aromatic heterocycles. The molecule has 0 aliphatic heterocycles. The van der Waals surface area contributed by atoms with E-state index in [4.69, 9.17) is 9.47 Å². The summed E-state index contributed by atoms with van der Waals surface area (Å²) >= 11 is 0. The molecule has 0 radical (unpaired) electrons. The lowest BCUT2D eigenvalue weighted by molar-refractivity contribution is 0.0510. The first-order valence-corrected chi connectivity index (χ1v) is 8.53. The molecule has 0 aliphatic rings. The van der Waals surface area contributed by atoms with E-state index in [-0.39, 0.29) is 5.97 Å². The third-order valence-electron chi connectivity index (χ3n) is 3.68. The van der Waals surface area contributed by atoms with Gasteiger partial charge in [0, 0.05) is 11.9 Å². The monoisotopic (exact) mass is 346 g/mol. The molecule has 2 rings (SSSR count). The highest BCUT2D eigenvalue weighted by molar-refractivity contribution is 5.99. The number of amides is 1. The van der Waals surface area contributed by atoms with Crippen LogP contribution in [0, 0.1) is 0 Å². The van der Waals surface area contributed by atoms with Gasteiger partial charge in [-0.3, -0.25) is 0 Å². The molecule has 2 N–H and O–H groups in total. The van der Waals surface area contributed by atoms with Crippen LogP contribution in [0.15, 0.2) is 18.2 Å². The van der Waals surface area contributed by atoms with Crippen LogP contribution in [-0.2, 0) is 22.4 Å². The van der Waals surface area contributed by atoms with Gasteiger partial charge in [0.1, 0.15) is 11.3 Å². The number of benzene rings is 1. The van der Waals surface area contributed by atoms with Crippen LogP contribution in [0.5, 0.6) is 0 Å². The molecule has 0 spiro atoms. The topological polar surface area (TPSA) is 80.4 Å². The zero-order valence-corrected chi connectivity index (χ0v) is 15.5. The quantitative estimate of drug-likeness (QED) is 0.804. The standard InChI is InChI=1S/C19H26N2O4/c1-6-13-14-10-8-9-12(11-20-18(23)25-19(3,4)5)15(14)21-16(13)17(22)24-7-2/h8-10,21H,6-7,11H2,1-5H3,(H,20,23). The maximum absolute atomic E-state index is 12.2. The highest BCUT2D eigenvalue weighted by Crippen LogP contribution is 2.26. The van der Waals surface area contributed by atoms with Crippen molar-refractivity contribution in [3.63, 3.8) is 0 Å². The largest absolute Gasteiger partial charge is 0.461 e. The van der Waals surface area contributed by atoms with Gasteiger partial charge in [-0.05, 0) is 45.2 Å². The molecule has 6 heteroatoms. The summed E-state index contributed by atoms with van der Waals surface area (Å²) in [4.78, 5) is 27.2. The molecule has 0 aliphatic carbocycles. The van der Waals surface area contributed by atoms with Crippen molar-refractivity contribution in [3.05, 3.63) is 35.0 Å². The number of carbonyl (C=O) groups excluding carboxylic acids is 2. The predicted octanol–water partition coefficient (Wildman–Crippen LogP) is 3.93. The number of nitrogens with one attached hydrogen (secondary N) is 2. The molecule has 1 aromatic carbocycles. The Morgan fingerprint density at radius 1 is 1.20 bits per heavy atom. The number of H-pyrrole nitrogens is 1. The number of fused-ring (bicyclic) bond motifs is 1. The fraction of sp³-hybridized carbons (Fsp3) is 0.474. The Balaban J connectivity index is 2.29. The van der Waals surface area contributed by atoms with Crippen LogP contribution in [-0.4, -0.2) is 29.3 Å². The SMILES string of the molecule is CCOC(=O)c1[nH]c2c(CNC(=O)OC(C)(C)C)cccc2c1CC. The van der Waals surface area contributed by atoms with Gasteiger partial charge in [-0.1, -0.05) is 25.1 Å². The lowest BCUT2D eigenvalue weighted by atomic mass is 10.1. The summed E-state index contributed by atoms with van der Waals surface area (Å²) in [6, 6.07) is 5.78. The molecule has 1 amide bonds. The molecular weight excluding hydrogens is 320 g/mol. The second-order valence-electron chi connectivity index (χ2n) is 6.75. The van der Waals surface area contributed by atoms with Gasteiger partial charge in [0.15, 0.2) is 0 Å². The average Bonchev–Trinajstić information content (AvgIpc) is 2.90. The van der Waals surface area contributed by atoms with Crippen molar-refractivity contribution in [1.29, 1.82) is 0 Å². The fourth-order valence-corrected chi connectivity index (χ4v) is 2.71. The van der Waals surface area contributed by atoms with Crippen LogP contribution in [0.1, 0.15) is 56.2 Å². The summed E-state index contributed by atoms with van der Waals surface area (Å²) in [6.45, 7) is 9.86. The molecule has 1 heterocycles. The maximum atomic E-state index is 12.2.